The van der Waals surface area contributed by atoms with Gasteiger partial charge in [0.25, 0.3) is 0 Å². The Balaban J connectivity index is 3.06. The van der Waals surface area contributed by atoms with E-state index in [1.54, 1.807) is 6.92 Å². The Hall–Kier alpha value is -2.72. The van der Waals surface area contributed by atoms with Crippen LogP contribution in [0.2, 0.25) is 0 Å². The lowest BCUT2D eigenvalue weighted by Crippen LogP contribution is -2.59. The highest BCUT2D eigenvalue weighted by Gasteiger charge is 2.37. The first-order valence-corrected chi connectivity index (χ1v) is 11.2. The van der Waals surface area contributed by atoms with E-state index >= 15 is 0 Å². The summed E-state index contributed by atoms with van der Waals surface area (Å²) in [6.07, 6.45) is 4.10. The van der Waals surface area contributed by atoms with Crippen molar-refractivity contribution in [3.8, 4) is 0 Å². The molecule has 186 valence electrons. The van der Waals surface area contributed by atoms with E-state index in [-0.39, 0.29) is 24.2 Å². The predicted molar refractivity (Wildman–Crippen MR) is 124 cm³/mol. The van der Waals surface area contributed by atoms with Gasteiger partial charge in [-0.3, -0.25) is 19.2 Å². The Kier molecular flexibility index (Phi) is 11.2. The average Bonchev–Trinajstić information content (AvgIpc) is 2.75. The highest BCUT2D eigenvalue weighted by Crippen LogP contribution is 2.17. The second kappa shape index (κ2) is 13.1. The van der Waals surface area contributed by atoms with Crippen molar-refractivity contribution in [3.05, 3.63) is 24.3 Å². The number of hydrogen-bond donors (Lipinski definition) is 4. The van der Waals surface area contributed by atoms with E-state index in [0.717, 1.165) is 0 Å². The van der Waals surface area contributed by atoms with Crippen LogP contribution in [0, 0.1) is 5.92 Å². The quantitative estimate of drug-likeness (QED) is 0.309. The van der Waals surface area contributed by atoms with Crippen molar-refractivity contribution in [1.82, 2.24) is 20.4 Å². The molecule has 4 N–H and O–H groups in total. The molecule has 0 radical (unpaired) electrons. The van der Waals surface area contributed by atoms with E-state index in [9.17, 15) is 29.4 Å². The molecule has 1 fully saturated rings. The summed E-state index contributed by atoms with van der Waals surface area (Å²) in [7, 11) is 3.07. The number of amides is 4. The maximum Gasteiger partial charge on any atom is 0.246 e. The molecule has 0 saturated carbocycles. The van der Waals surface area contributed by atoms with Crippen molar-refractivity contribution in [2.24, 2.45) is 5.92 Å². The lowest BCUT2D eigenvalue weighted by atomic mass is 9.98. The molecular formula is C23H38N4O6. The highest BCUT2D eigenvalue weighted by molar-refractivity contribution is 5.96. The topological polar surface area (TPSA) is 139 Å². The summed E-state index contributed by atoms with van der Waals surface area (Å²) in [5, 5.41) is 24.2. The van der Waals surface area contributed by atoms with Gasteiger partial charge in [0.2, 0.25) is 23.6 Å². The second-order valence-corrected chi connectivity index (χ2v) is 8.73. The van der Waals surface area contributed by atoms with E-state index in [4.69, 9.17) is 0 Å². The second-order valence-electron chi connectivity index (χ2n) is 8.73. The molecule has 10 nitrogen and oxygen atoms in total. The molecule has 1 heterocycles. The molecule has 1 aliphatic rings. The van der Waals surface area contributed by atoms with Gasteiger partial charge in [0.05, 0.1) is 12.2 Å². The highest BCUT2D eigenvalue weighted by atomic mass is 16.3. The van der Waals surface area contributed by atoms with Gasteiger partial charge in [-0.1, -0.05) is 32.1 Å². The van der Waals surface area contributed by atoms with Crippen molar-refractivity contribution in [3.63, 3.8) is 0 Å². The van der Waals surface area contributed by atoms with Crippen LogP contribution < -0.4 is 10.6 Å². The molecule has 0 spiro atoms. The van der Waals surface area contributed by atoms with Gasteiger partial charge in [-0.05, 0) is 32.6 Å². The minimum atomic E-state index is -1.05. The summed E-state index contributed by atoms with van der Waals surface area (Å²) in [5.41, 5.74) is 0. The zero-order chi connectivity index (χ0) is 25.3. The average molecular weight is 467 g/mol. The number of carbonyl (C=O) groups is 4. The zero-order valence-electron chi connectivity index (χ0n) is 20.3. The number of carbonyl (C=O) groups excluding carboxylic acids is 4. The molecule has 1 saturated heterocycles. The smallest absolute Gasteiger partial charge is 0.246 e. The summed E-state index contributed by atoms with van der Waals surface area (Å²) in [4.78, 5) is 53.9. The molecular weight excluding hydrogens is 428 g/mol. The molecule has 0 aliphatic carbocycles. The molecule has 5 atom stereocenters. The van der Waals surface area contributed by atoms with Gasteiger partial charge in [-0.2, -0.15) is 0 Å². The van der Waals surface area contributed by atoms with Gasteiger partial charge in [0.1, 0.15) is 18.1 Å². The minimum Gasteiger partial charge on any atom is -0.390 e. The zero-order valence-corrected chi connectivity index (χ0v) is 20.3. The number of nitrogens with one attached hydrogen (secondary N) is 2. The predicted octanol–water partition coefficient (Wildman–Crippen LogP) is -0.435. The first kappa shape index (κ1) is 28.3. The lowest BCUT2D eigenvalue weighted by Gasteiger charge is -2.37. The number of aliphatic hydroxyl groups is 2. The van der Waals surface area contributed by atoms with E-state index in [2.05, 4.69) is 10.6 Å². The van der Waals surface area contributed by atoms with Crippen molar-refractivity contribution in [2.45, 2.75) is 70.9 Å². The van der Waals surface area contributed by atoms with Crippen LogP contribution in [0.5, 0.6) is 0 Å². The third-order valence-electron chi connectivity index (χ3n) is 5.70. The molecule has 4 amide bonds. The molecule has 10 heteroatoms. The number of likely N-dealkylation sites (N-methyl/N-ethyl adjacent to an activating group) is 2. The van der Waals surface area contributed by atoms with Gasteiger partial charge in [0, 0.05) is 26.7 Å². The summed E-state index contributed by atoms with van der Waals surface area (Å²) >= 11 is 0. The molecule has 0 bridgehead atoms. The van der Waals surface area contributed by atoms with E-state index in [0.29, 0.717) is 13.0 Å². The van der Waals surface area contributed by atoms with Gasteiger partial charge < -0.3 is 30.6 Å². The number of nitrogens with zero attached hydrogens (tertiary/aromatic N) is 2. The third-order valence-corrected chi connectivity index (χ3v) is 5.70. The van der Waals surface area contributed by atoms with Crippen molar-refractivity contribution in [1.29, 1.82) is 0 Å². The van der Waals surface area contributed by atoms with Gasteiger partial charge in [0.15, 0.2) is 0 Å². The summed E-state index contributed by atoms with van der Waals surface area (Å²) < 4.78 is 0. The van der Waals surface area contributed by atoms with Crippen molar-refractivity contribution >= 4 is 23.6 Å². The van der Waals surface area contributed by atoms with E-state index < -0.39 is 42.1 Å². The van der Waals surface area contributed by atoms with E-state index in [1.165, 1.54) is 55.1 Å². The van der Waals surface area contributed by atoms with Crippen LogP contribution in [0.4, 0.5) is 0 Å². The normalized spacial score (nSPS) is 25.7. The first-order chi connectivity index (χ1) is 15.4. The first-order valence-electron chi connectivity index (χ1n) is 11.2. The van der Waals surface area contributed by atoms with Crippen LogP contribution in [-0.2, 0) is 19.2 Å². The van der Waals surface area contributed by atoms with Crippen LogP contribution >= 0.6 is 0 Å². The fourth-order valence-corrected chi connectivity index (χ4v) is 3.48. The maximum atomic E-state index is 13.3. The Bertz CT molecular complexity index is 764. The third kappa shape index (κ3) is 8.29. The van der Waals surface area contributed by atoms with Crippen LogP contribution in [0.25, 0.3) is 0 Å². The molecule has 1 aliphatic heterocycles. The SMILES string of the molecule is CC(C)C1C(=O)N(C)[C@@H](C)C(=O)NCCC[C@H](NC(=O)/C=C/C=C/[C@H](O)[C@@H](C)O)C(=O)N1C. The molecule has 33 heavy (non-hydrogen) atoms. The van der Waals surface area contributed by atoms with Gasteiger partial charge >= 0.3 is 0 Å². The molecule has 0 aromatic heterocycles. The monoisotopic (exact) mass is 466 g/mol. The fraction of sp³-hybridized carbons (Fsp3) is 0.652. The molecule has 0 aromatic carbocycles. The van der Waals surface area contributed by atoms with Crippen LogP contribution in [0.15, 0.2) is 24.3 Å². The maximum absolute atomic E-state index is 13.3. The number of hydrogen-bond acceptors (Lipinski definition) is 6. The summed E-state index contributed by atoms with van der Waals surface area (Å²) in [6, 6.07) is -2.35. The molecule has 1 unspecified atom stereocenters. The minimum absolute atomic E-state index is 0.214. The number of rotatable bonds is 6. The standard InChI is InChI=1S/C23H38N4O6/c1-14(2)20-23(33)26(5)15(3)21(31)24-13-9-10-17(22(32)27(20)6)25-19(30)12-8-7-11-18(29)16(4)28/h7-8,11-12,14-18,20,28-29H,9-10,13H2,1-6H3,(H,24,31)(H,25,30)/b11-7+,12-8+/t15-,16+,17-,18-,20?/m0/s1. The Labute approximate surface area is 195 Å². The number of aliphatic hydroxyl groups excluding tert-OH is 2. The van der Waals surface area contributed by atoms with Gasteiger partial charge in [-0.25, -0.2) is 0 Å². The van der Waals surface area contributed by atoms with Crippen LogP contribution in [0.1, 0.15) is 40.5 Å². The summed E-state index contributed by atoms with van der Waals surface area (Å²) in [5.74, 6) is -1.76. The fourth-order valence-electron chi connectivity index (χ4n) is 3.48. The Morgan fingerprint density at radius 3 is 2.30 bits per heavy atom. The van der Waals surface area contributed by atoms with Gasteiger partial charge in [-0.15, -0.1) is 0 Å². The molecule has 0 aromatic rings. The number of allylic oxidation sites excluding steroid dienone is 2. The van der Waals surface area contributed by atoms with Crippen LogP contribution in [0.3, 0.4) is 0 Å². The van der Waals surface area contributed by atoms with Crippen molar-refractivity contribution in [2.75, 3.05) is 20.6 Å². The Morgan fingerprint density at radius 2 is 1.73 bits per heavy atom. The molecule has 1 rings (SSSR count). The van der Waals surface area contributed by atoms with E-state index in [1.807, 2.05) is 13.8 Å². The van der Waals surface area contributed by atoms with Crippen molar-refractivity contribution < 1.29 is 29.4 Å². The van der Waals surface area contributed by atoms with Crippen LogP contribution in [-0.4, -0.2) is 94.6 Å². The lowest BCUT2D eigenvalue weighted by molar-refractivity contribution is -0.150. The largest absolute Gasteiger partial charge is 0.390 e. The summed E-state index contributed by atoms with van der Waals surface area (Å²) in [6.45, 7) is 7.02. The Morgan fingerprint density at radius 1 is 1.09 bits per heavy atom.